The average Bonchev–Trinajstić information content (AvgIpc) is 3.06. The van der Waals surface area contributed by atoms with Crippen molar-refractivity contribution < 1.29 is 4.79 Å². The van der Waals surface area contributed by atoms with Gasteiger partial charge in [-0.05, 0) is 42.5 Å². The number of aromatic nitrogens is 1. The third-order valence-electron chi connectivity index (χ3n) is 5.99. The Morgan fingerprint density at radius 2 is 1.65 bits per heavy atom. The van der Waals surface area contributed by atoms with E-state index in [0.717, 1.165) is 11.3 Å². The molecular formula is C22H20N2OS. The molecule has 3 aliphatic carbocycles. The molecule has 4 heteroatoms. The lowest BCUT2D eigenvalue weighted by Gasteiger charge is -2.50. The van der Waals surface area contributed by atoms with Crippen LogP contribution < -0.4 is 5.32 Å². The molecule has 1 amide bonds. The minimum Gasteiger partial charge on any atom is -0.301 e. The van der Waals surface area contributed by atoms with Gasteiger partial charge in [0.1, 0.15) is 0 Å². The van der Waals surface area contributed by atoms with Gasteiger partial charge in [-0.15, -0.1) is 11.3 Å². The minimum atomic E-state index is -0.479. The fourth-order valence-corrected chi connectivity index (χ4v) is 5.50. The number of carbonyl (C=O) groups excluding carboxylic acids is 1. The number of fused-ring (bicyclic) bond motifs is 1. The number of amides is 1. The van der Waals surface area contributed by atoms with Gasteiger partial charge in [-0.25, -0.2) is 4.98 Å². The summed E-state index contributed by atoms with van der Waals surface area (Å²) >= 11 is 1.53. The van der Waals surface area contributed by atoms with Crippen LogP contribution in [0.15, 0.2) is 54.7 Å². The molecule has 0 fully saturated rings. The molecule has 2 aromatic carbocycles. The van der Waals surface area contributed by atoms with Crippen molar-refractivity contribution in [3.05, 3.63) is 81.9 Å². The van der Waals surface area contributed by atoms with Crippen LogP contribution in [0.1, 0.15) is 52.3 Å². The van der Waals surface area contributed by atoms with Crippen molar-refractivity contribution in [2.45, 2.75) is 32.1 Å². The van der Waals surface area contributed by atoms with Crippen LogP contribution in [0, 0.1) is 12.3 Å². The zero-order valence-electron chi connectivity index (χ0n) is 14.8. The largest absolute Gasteiger partial charge is 0.301 e. The first-order valence-electron chi connectivity index (χ1n) is 8.99. The zero-order valence-corrected chi connectivity index (χ0v) is 15.6. The Morgan fingerprint density at radius 1 is 1.08 bits per heavy atom. The van der Waals surface area contributed by atoms with E-state index in [4.69, 9.17) is 0 Å². The van der Waals surface area contributed by atoms with Gasteiger partial charge in [0, 0.05) is 22.9 Å². The summed E-state index contributed by atoms with van der Waals surface area (Å²) in [5.74, 6) is 0.438. The average molecular weight is 360 g/mol. The number of thiazole rings is 1. The highest BCUT2D eigenvalue weighted by Gasteiger charge is 2.53. The first-order valence-corrected chi connectivity index (χ1v) is 9.81. The second kappa shape index (κ2) is 5.52. The van der Waals surface area contributed by atoms with Crippen molar-refractivity contribution in [3.63, 3.8) is 0 Å². The van der Waals surface area contributed by atoms with Crippen LogP contribution in [0.2, 0.25) is 0 Å². The highest BCUT2D eigenvalue weighted by atomic mass is 32.1. The van der Waals surface area contributed by atoms with E-state index in [-0.39, 0.29) is 17.7 Å². The molecule has 1 aromatic heterocycles. The number of hydrogen-bond donors (Lipinski definition) is 1. The molecule has 3 nitrogen and oxygen atoms in total. The number of rotatable bonds is 2. The quantitative estimate of drug-likeness (QED) is 0.693. The van der Waals surface area contributed by atoms with Gasteiger partial charge in [0.25, 0.3) is 0 Å². The summed E-state index contributed by atoms with van der Waals surface area (Å²) in [5.41, 5.74) is 4.89. The molecule has 3 aromatic rings. The van der Waals surface area contributed by atoms with Gasteiger partial charge in [0.15, 0.2) is 5.13 Å². The van der Waals surface area contributed by atoms with Crippen LogP contribution in [-0.4, -0.2) is 10.9 Å². The van der Waals surface area contributed by atoms with Gasteiger partial charge < -0.3 is 5.32 Å². The van der Waals surface area contributed by atoms with Crippen LogP contribution in [0.4, 0.5) is 5.13 Å². The standard InChI is InChI=1S/C22H20N2OS/c1-13-12-23-21(26-13)24-20(25)22(2)11-18-14-7-3-5-9-16(14)19(22)17-10-6-4-8-15(17)18/h3-10,12,18-19H,11H2,1-2H3,(H,23,24,25)/t18?,19?,22-/m1/s1. The van der Waals surface area contributed by atoms with Crippen molar-refractivity contribution in [1.82, 2.24) is 4.98 Å². The van der Waals surface area contributed by atoms with E-state index in [1.165, 1.54) is 33.6 Å². The Labute approximate surface area is 157 Å². The molecule has 0 aliphatic heterocycles. The van der Waals surface area contributed by atoms with Crippen molar-refractivity contribution >= 4 is 22.4 Å². The normalized spacial score (nSPS) is 25.5. The summed E-state index contributed by atoms with van der Waals surface area (Å²) in [5, 5.41) is 3.78. The van der Waals surface area contributed by atoms with Crippen molar-refractivity contribution in [2.75, 3.05) is 5.32 Å². The highest BCUT2D eigenvalue weighted by Crippen LogP contribution is 2.61. The third-order valence-corrected chi connectivity index (χ3v) is 6.82. The molecule has 1 atom stereocenters. The minimum absolute atomic E-state index is 0.0749. The molecule has 0 unspecified atom stereocenters. The number of nitrogens with zero attached hydrogens (tertiary/aromatic N) is 1. The topological polar surface area (TPSA) is 42.0 Å². The highest BCUT2D eigenvalue weighted by molar-refractivity contribution is 7.15. The first kappa shape index (κ1) is 15.8. The Balaban J connectivity index is 1.62. The predicted molar refractivity (Wildman–Crippen MR) is 105 cm³/mol. The molecule has 26 heavy (non-hydrogen) atoms. The summed E-state index contributed by atoms with van der Waals surface area (Å²) in [6.07, 6.45) is 2.64. The second-order valence-electron chi connectivity index (χ2n) is 7.60. The number of benzene rings is 2. The molecule has 1 heterocycles. The van der Waals surface area contributed by atoms with Gasteiger partial charge in [-0.2, -0.15) is 0 Å². The van der Waals surface area contributed by atoms with Crippen molar-refractivity contribution in [1.29, 1.82) is 0 Å². The molecule has 130 valence electrons. The Morgan fingerprint density at radius 3 is 2.19 bits per heavy atom. The SMILES string of the molecule is Cc1cnc(NC(=O)[C@]2(C)CC3c4ccccc4C2c2ccccc23)s1. The zero-order chi connectivity index (χ0) is 17.9. The molecule has 0 spiro atoms. The lowest BCUT2D eigenvalue weighted by Crippen LogP contribution is -2.47. The number of hydrogen-bond acceptors (Lipinski definition) is 3. The smallest absolute Gasteiger partial charge is 0.233 e. The lowest BCUT2D eigenvalue weighted by atomic mass is 9.52. The molecule has 0 saturated carbocycles. The second-order valence-corrected chi connectivity index (χ2v) is 8.83. The van der Waals surface area contributed by atoms with E-state index >= 15 is 0 Å². The van der Waals surface area contributed by atoms with Gasteiger partial charge in [0.05, 0.1) is 5.41 Å². The van der Waals surface area contributed by atoms with Crippen LogP contribution in [0.5, 0.6) is 0 Å². The van der Waals surface area contributed by atoms with Crippen LogP contribution >= 0.6 is 11.3 Å². The predicted octanol–water partition coefficient (Wildman–Crippen LogP) is 5.08. The molecule has 2 bridgehead atoms. The third kappa shape index (κ3) is 2.12. The molecule has 3 aliphatic rings. The number of anilines is 1. The molecular weight excluding hydrogens is 340 g/mol. The van der Waals surface area contributed by atoms with E-state index < -0.39 is 5.41 Å². The van der Waals surface area contributed by atoms with Gasteiger partial charge in [-0.3, -0.25) is 4.79 Å². The van der Waals surface area contributed by atoms with E-state index in [1.807, 2.05) is 6.92 Å². The summed E-state index contributed by atoms with van der Waals surface area (Å²) in [4.78, 5) is 18.8. The monoisotopic (exact) mass is 360 g/mol. The lowest BCUT2D eigenvalue weighted by molar-refractivity contribution is -0.126. The maximum absolute atomic E-state index is 13.4. The fourth-order valence-electron chi connectivity index (χ4n) is 4.84. The van der Waals surface area contributed by atoms with Crippen molar-refractivity contribution in [3.8, 4) is 0 Å². The van der Waals surface area contributed by atoms with E-state index in [0.29, 0.717) is 5.13 Å². The Bertz CT molecular complexity index is 977. The molecule has 6 rings (SSSR count). The molecule has 1 N–H and O–H groups in total. The Hall–Kier alpha value is -2.46. The first-order chi connectivity index (χ1) is 12.6. The fraction of sp³-hybridized carbons (Fsp3) is 0.273. The van der Waals surface area contributed by atoms with Gasteiger partial charge >= 0.3 is 0 Å². The van der Waals surface area contributed by atoms with E-state index in [2.05, 4.69) is 65.8 Å². The van der Waals surface area contributed by atoms with E-state index in [1.54, 1.807) is 6.20 Å². The summed E-state index contributed by atoms with van der Waals surface area (Å²) in [6, 6.07) is 17.2. The van der Waals surface area contributed by atoms with Gasteiger partial charge in [0.2, 0.25) is 5.91 Å². The maximum atomic E-state index is 13.4. The molecule has 0 radical (unpaired) electrons. The maximum Gasteiger partial charge on any atom is 0.233 e. The Kier molecular flexibility index (Phi) is 3.35. The molecule has 0 saturated heterocycles. The van der Waals surface area contributed by atoms with Crippen molar-refractivity contribution in [2.24, 2.45) is 5.41 Å². The van der Waals surface area contributed by atoms with Crippen LogP contribution in [0.25, 0.3) is 0 Å². The summed E-state index contributed by atoms with van der Waals surface area (Å²) < 4.78 is 0. The summed E-state index contributed by atoms with van der Waals surface area (Å²) in [7, 11) is 0. The van der Waals surface area contributed by atoms with Crippen LogP contribution in [0.3, 0.4) is 0 Å². The van der Waals surface area contributed by atoms with E-state index in [9.17, 15) is 4.79 Å². The number of aryl methyl sites for hydroxylation is 1. The number of nitrogens with one attached hydrogen (secondary N) is 1. The van der Waals surface area contributed by atoms with Crippen LogP contribution in [-0.2, 0) is 4.79 Å². The summed E-state index contributed by atoms with van der Waals surface area (Å²) in [6.45, 7) is 4.12. The number of carbonyl (C=O) groups is 1. The van der Waals surface area contributed by atoms with Gasteiger partial charge in [-0.1, -0.05) is 48.5 Å².